The van der Waals surface area contributed by atoms with Crippen molar-refractivity contribution in [1.82, 2.24) is 0 Å². The van der Waals surface area contributed by atoms with Crippen LogP contribution in [0.5, 0.6) is 0 Å². The van der Waals surface area contributed by atoms with Crippen LogP contribution in [0.25, 0.3) is 0 Å². The van der Waals surface area contributed by atoms with E-state index in [0.29, 0.717) is 23.9 Å². The molecule has 0 bridgehead atoms. The number of carboxylic acid groups (broad SMARTS) is 1. The van der Waals surface area contributed by atoms with Gasteiger partial charge < -0.3 is 28.5 Å². The monoisotopic (exact) mass is 1060 g/mol. The van der Waals surface area contributed by atoms with Crippen molar-refractivity contribution >= 4 is 17.9 Å². The van der Waals surface area contributed by atoms with Gasteiger partial charge in [-0.25, -0.2) is 4.79 Å². The molecule has 9 nitrogen and oxygen atoms in total. The molecule has 0 aromatic heterocycles. The standard InChI is InChI=1S/C66H121NO8/c1-6-8-10-12-14-16-18-20-22-24-25-26-27-28-29-30-31-32-33-34-35-36-37-38-39-41-42-44-46-48-50-52-54-56-63(68)73-60-62(61-74-66(65(70)71)72-59-58-67(3,4)5)75-64(69)57-55-53-51-49-47-45-43-40-23-21-19-17-15-13-11-9-7-2/h9,11,15,17,21,23,43,45,62,66H,6-8,10,12-14,16,18-20,22,24-42,44,46-61H2,1-5H3/p+1/b11-9-,17-15-,23-21-,45-43-. The molecule has 2 atom stereocenters. The summed E-state index contributed by atoms with van der Waals surface area (Å²) in [6, 6.07) is 0. The van der Waals surface area contributed by atoms with Crippen molar-refractivity contribution in [3.05, 3.63) is 48.6 Å². The fourth-order valence-electron chi connectivity index (χ4n) is 9.24. The van der Waals surface area contributed by atoms with Crippen molar-refractivity contribution in [1.29, 1.82) is 0 Å². The first-order valence-electron chi connectivity index (χ1n) is 31.8. The lowest BCUT2D eigenvalue weighted by Crippen LogP contribution is -2.40. The van der Waals surface area contributed by atoms with Crippen LogP contribution in [0.2, 0.25) is 0 Å². The molecule has 0 aliphatic heterocycles. The van der Waals surface area contributed by atoms with E-state index in [1.54, 1.807) is 0 Å². The third-order valence-electron chi connectivity index (χ3n) is 14.1. The first-order valence-corrected chi connectivity index (χ1v) is 31.8. The third-order valence-corrected chi connectivity index (χ3v) is 14.1. The van der Waals surface area contributed by atoms with Crippen LogP contribution in [-0.2, 0) is 33.3 Å². The number of esters is 2. The number of rotatable bonds is 59. The number of hydrogen-bond donors (Lipinski definition) is 1. The number of carbonyl (C=O) groups excluding carboxylic acids is 2. The number of likely N-dealkylation sites (N-methyl/N-ethyl adjacent to an activating group) is 1. The molecule has 0 saturated heterocycles. The maximum atomic E-state index is 12.9. The molecule has 0 fully saturated rings. The molecule has 75 heavy (non-hydrogen) atoms. The summed E-state index contributed by atoms with van der Waals surface area (Å²) in [5, 5.41) is 9.70. The lowest BCUT2D eigenvalue weighted by atomic mass is 10.0. The number of allylic oxidation sites excluding steroid dienone is 8. The van der Waals surface area contributed by atoms with Gasteiger partial charge in [0.05, 0.1) is 34.4 Å². The van der Waals surface area contributed by atoms with Crippen LogP contribution in [0, 0.1) is 0 Å². The van der Waals surface area contributed by atoms with E-state index in [9.17, 15) is 19.5 Å². The molecule has 0 amide bonds. The van der Waals surface area contributed by atoms with Crippen molar-refractivity contribution in [2.45, 2.75) is 309 Å². The molecular weight excluding hydrogens is 935 g/mol. The van der Waals surface area contributed by atoms with E-state index in [0.717, 1.165) is 70.6 Å². The van der Waals surface area contributed by atoms with Gasteiger partial charge in [0.25, 0.3) is 6.29 Å². The van der Waals surface area contributed by atoms with Crippen molar-refractivity contribution in [2.24, 2.45) is 0 Å². The minimum atomic E-state index is -1.52. The number of quaternary nitrogens is 1. The predicted molar refractivity (Wildman–Crippen MR) is 318 cm³/mol. The highest BCUT2D eigenvalue weighted by atomic mass is 16.7. The molecular formula is C66H122NO8+. The first-order chi connectivity index (χ1) is 36.6. The summed E-state index contributed by atoms with van der Waals surface area (Å²) in [5.41, 5.74) is 0. The Morgan fingerprint density at radius 1 is 0.413 bits per heavy atom. The SMILES string of the molecule is CC/C=C\C/C=C\C/C=C\C/C=C\CCCCCCC(=O)OC(COC(=O)CCCCCCCCCCCCCCCCCCCCCCCCCCCCCCCCCCC)COC(OCC[N+](C)(C)C)C(=O)O. The van der Waals surface area contributed by atoms with E-state index >= 15 is 0 Å². The summed E-state index contributed by atoms with van der Waals surface area (Å²) in [4.78, 5) is 37.4. The molecule has 0 rings (SSSR count). The average Bonchev–Trinajstić information content (AvgIpc) is 3.38. The molecule has 0 radical (unpaired) electrons. The van der Waals surface area contributed by atoms with Crippen molar-refractivity contribution in [3.63, 3.8) is 0 Å². The van der Waals surface area contributed by atoms with Crippen molar-refractivity contribution in [2.75, 3.05) is 47.5 Å². The molecule has 0 saturated carbocycles. The number of carboxylic acids is 1. The van der Waals surface area contributed by atoms with E-state index in [-0.39, 0.29) is 32.2 Å². The van der Waals surface area contributed by atoms with E-state index in [2.05, 4.69) is 62.5 Å². The maximum absolute atomic E-state index is 12.9. The first kappa shape index (κ1) is 72.2. The molecule has 0 aromatic carbocycles. The number of nitrogens with zero attached hydrogens (tertiary/aromatic N) is 1. The van der Waals surface area contributed by atoms with Crippen LogP contribution in [-0.4, -0.2) is 87.4 Å². The average molecular weight is 1060 g/mol. The van der Waals surface area contributed by atoms with E-state index in [1.165, 1.54) is 193 Å². The normalized spacial score (nSPS) is 13.0. The fraction of sp³-hybridized carbons (Fsp3) is 0.833. The van der Waals surface area contributed by atoms with Crippen LogP contribution in [0.4, 0.5) is 0 Å². The molecule has 1 N–H and O–H groups in total. The number of carbonyl (C=O) groups is 3. The molecule has 0 aliphatic rings. The van der Waals surface area contributed by atoms with E-state index in [4.69, 9.17) is 18.9 Å². The van der Waals surface area contributed by atoms with Gasteiger partial charge in [0.2, 0.25) is 0 Å². The summed E-state index contributed by atoms with van der Waals surface area (Å²) < 4.78 is 22.9. The van der Waals surface area contributed by atoms with Gasteiger partial charge in [0.15, 0.2) is 6.10 Å². The molecule has 2 unspecified atom stereocenters. The number of ether oxygens (including phenoxy) is 4. The summed E-state index contributed by atoms with van der Waals surface area (Å²) in [5.74, 6) is -2.03. The maximum Gasteiger partial charge on any atom is 0.361 e. The summed E-state index contributed by atoms with van der Waals surface area (Å²) in [7, 11) is 5.96. The predicted octanol–water partition coefficient (Wildman–Crippen LogP) is 19.0. The van der Waals surface area contributed by atoms with Crippen molar-refractivity contribution < 1.29 is 42.9 Å². The zero-order valence-corrected chi connectivity index (χ0v) is 50.0. The Balaban J connectivity index is 4.05. The lowest BCUT2D eigenvalue weighted by molar-refractivity contribution is -0.870. The molecule has 0 aromatic rings. The molecule has 438 valence electrons. The topological polar surface area (TPSA) is 108 Å². The van der Waals surface area contributed by atoms with Crippen molar-refractivity contribution in [3.8, 4) is 0 Å². The second-order valence-corrected chi connectivity index (χ2v) is 22.7. The van der Waals surface area contributed by atoms with Gasteiger partial charge in [0, 0.05) is 12.8 Å². The van der Waals surface area contributed by atoms with Crippen LogP contribution in [0.3, 0.4) is 0 Å². The summed E-state index contributed by atoms with van der Waals surface area (Å²) in [6.07, 6.45) is 69.5. The zero-order valence-electron chi connectivity index (χ0n) is 50.0. The Kier molecular flexibility index (Phi) is 55.3. The highest BCUT2D eigenvalue weighted by Gasteiger charge is 2.25. The lowest BCUT2D eigenvalue weighted by Gasteiger charge is -2.25. The Morgan fingerprint density at radius 2 is 0.760 bits per heavy atom. The van der Waals surface area contributed by atoms with Gasteiger partial charge in [-0.3, -0.25) is 9.59 Å². The van der Waals surface area contributed by atoms with Gasteiger partial charge in [-0.05, 0) is 51.4 Å². The highest BCUT2D eigenvalue weighted by molar-refractivity contribution is 5.71. The van der Waals surface area contributed by atoms with Gasteiger partial charge in [-0.1, -0.05) is 281 Å². The third kappa shape index (κ3) is 58.8. The highest BCUT2D eigenvalue weighted by Crippen LogP contribution is 2.18. The molecule has 0 aliphatic carbocycles. The van der Waals surface area contributed by atoms with Gasteiger partial charge in [-0.15, -0.1) is 0 Å². The van der Waals surface area contributed by atoms with Crippen LogP contribution in [0.15, 0.2) is 48.6 Å². The summed E-state index contributed by atoms with van der Waals surface area (Å²) >= 11 is 0. The second-order valence-electron chi connectivity index (χ2n) is 22.7. The number of aliphatic carboxylic acids is 1. The van der Waals surface area contributed by atoms with Crippen LogP contribution in [0.1, 0.15) is 296 Å². The summed E-state index contributed by atoms with van der Waals surface area (Å²) in [6.45, 7) is 4.77. The molecule has 0 heterocycles. The Labute approximate surface area is 463 Å². The smallest absolute Gasteiger partial charge is 0.361 e. The van der Waals surface area contributed by atoms with Gasteiger partial charge >= 0.3 is 17.9 Å². The van der Waals surface area contributed by atoms with E-state index in [1.807, 2.05) is 21.1 Å². The minimum absolute atomic E-state index is 0.182. The second kappa shape index (κ2) is 57.4. The zero-order chi connectivity index (χ0) is 54.8. The molecule has 0 spiro atoms. The Bertz CT molecular complexity index is 1370. The minimum Gasteiger partial charge on any atom is -0.477 e. The number of hydrogen-bond acceptors (Lipinski definition) is 7. The van der Waals surface area contributed by atoms with Gasteiger partial charge in [0.1, 0.15) is 13.2 Å². The number of unbranched alkanes of at least 4 members (excludes halogenated alkanes) is 36. The molecule has 9 heteroatoms. The van der Waals surface area contributed by atoms with Gasteiger partial charge in [-0.2, -0.15) is 0 Å². The quantitative estimate of drug-likeness (QED) is 0.0211. The largest absolute Gasteiger partial charge is 0.477 e. The fourth-order valence-corrected chi connectivity index (χ4v) is 9.24. The Hall–Kier alpha value is -2.75. The Morgan fingerprint density at radius 3 is 1.13 bits per heavy atom. The van der Waals surface area contributed by atoms with E-state index < -0.39 is 24.3 Å². The van der Waals surface area contributed by atoms with Crippen LogP contribution < -0.4 is 0 Å². The van der Waals surface area contributed by atoms with Crippen LogP contribution >= 0.6 is 0 Å².